The Bertz CT molecular complexity index is 88.2. The van der Waals surface area contributed by atoms with Crippen molar-refractivity contribution in [3.63, 3.8) is 0 Å². The van der Waals surface area contributed by atoms with Crippen molar-refractivity contribution >= 4 is 40.2 Å². The molecule has 0 spiro atoms. The molecule has 0 radical (unpaired) electrons. The molecule has 0 aromatic rings. The van der Waals surface area contributed by atoms with Gasteiger partial charge in [0.1, 0.15) is 0 Å². The van der Waals surface area contributed by atoms with Gasteiger partial charge in [0.25, 0.3) is 0 Å². The molecule has 0 aliphatic rings. The minimum absolute atomic E-state index is 0.914. The van der Waals surface area contributed by atoms with E-state index in [2.05, 4.69) is 45.7 Å². The second kappa shape index (κ2) is 6.63. The lowest BCUT2D eigenvalue weighted by Crippen LogP contribution is -2.43. The van der Waals surface area contributed by atoms with E-state index in [1.165, 1.54) is 6.04 Å². The minimum atomic E-state index is -1.41. The number of hydrogen-bond donors (Lipinski definition) is 0. The van der Waals surface area contributed by atoms with Gasteiger partial charge in [0.15, 0.2) is 0 Å². The molecule has 0 fully saturated rings. The summed E-state index contributed by atoms with van der Waals surface area (Å²) in [6.07, 6.45) is 1.12. The molecule has 0 aliphatic carbocycles. The topological polar surface area (TPSA) is 9.23 Å². The van der Waals surface area contributed by atoms with Gasteiger partial charge in [-0.25, -0.2) is 0 Å². The van der Waals surface area contributed by atoms with Gasteiger partial charge >= 0.3 is 0 Å². The smallest absolute Gasteiger partial charge is 0.213 e. The van der Waals surface area contributed by atoms with Crippen LogP contribution in [0, 0.1) is 0 Å². The summed E-state index contributed by atoms with van der Waals surface area (Å²) >= 11 is 7.06. The summed E-state index contributed by atoms with van der Waals surface area (Å²) in [6.45, 7) is 5.28. The lowest BCUT2D eigenvalue weighted by molar-refractivity contribution is 0.306. The number of rotatable bonds is 6. The standard InChI is InChI=1S/C7H16Br2OSi/c1-3-5-10-11(4-2,6-8)7-9/h3-7H2,1-2H3. The Hall–Kier alpha value is 1.14. The molecule has 11 heavy (non-hydrogen) atoms. The summed E-state index contributed by atoms with van der Waals surface area (Å²) in [7, 11) is -1.41. The minimum Gasteiger partial charge on any atom is -0.415 e. The van der Waals surface area contributed by atoms with Gasteiger partial charge in [-0.2, -0.15) is 0 Å². The molecule has 0 amide bonds. The third-order valence-corrected chi connectivity index (χ3v) is 11.0. The number of hydrogen-bond acceptors (Lipinski definition) is 1. The molecule has 0 N–H and O–H groups in total. The summed E-state index contributed by atoms with van der Waals surface area (Å²) in [4.78, 5) is 2.09. The fourth-order valence-electron chi connectivity index (χ4n) is 0.722. The van der Waals surface area contributed by atoms with Crippen LogP contribution in [0.5, 0.6) is 0 Å². The Morgan fingerprint density at radius 1 is 1.18 bits per heavy atom. The van der Waals surface area contributed by atoms with Gasteiger partial charge in [-0.05, 0) is 12.5 Å². The predicted octanol–water partition coefficient (Wildman–Crippen LogP) is 3.25. The lowest BCUT2D eigenvalue weighted by Gasteiger charge is -2.25. The first-order valence-electron chi connectivity index (χ1n) is 4.00. The van der Waals surface area contributed by atoms with Gasteiger partial charge in [0.05, 0.1) is 0 Å². The van der Waals surface area contributed by atoms with Crippen LogP contribution in [-0.2, 0) is 4.43 Å². The van der Waals surface area contributed by atoms with Gasteiger partial charge in [-0.1, -0.05) is 45.7 Å². The summed E-state index contributed by atoms with van der Waals surface area (Å²) in [6, 6.07) is 1.18. The van der Waals surface area contributed by atoms with Gasteiger partial charge < -0.3 is 4.43 Å². The predicted molar refractivity (Wildman–Crippen MR) is 60.1 cm³/mol. The van der Waals surface area contributed by atoms with E-state index in [1.54, 1.807) is 0 Å². The van der Waals surface area contributed by atoms with Gasteiger partial charge in [-0.15, -0.1) is 0 Å². The highest BCUT2D eigenvalue weighted by Gasteiger charge is 2.30. The highest BCUT2D eigenvalue weighted by molar-refractivity contribution is 9.10. The molecule has 0 aromatic heterocycles. The second-order valence-corrected chi connectivity index (χ2v) is 9.91. The van der Waals surface area contributed by atoms with E-state index in [4.69, 9.17) is 4.43 Å². The Morgan fingerprint density at radius 2 is 1.73 bits per heavy atom. The number of halogens is 2. The van der Waals surface area contributed by atoms with Crippen LogP contribution < -0.4 is 0 Å². The fraction of sp³-hybridized carbons (Fsp3) is 1.00. The molecule has 0 aromatic carbocycles. The Morgan fingerprint density at radius 3 is 2.00 bits per heavy atom. The zero-order chi connectivity index (χ0) is 8.74. The summed E-state index contributed by atoms with van der Waals surface area (Å²) in [5.41, 5.74) is 0. The third-order valence-electron chi connectivity index (χ3n) is 1.74. The van der Waals surface area contributed by atoms with Crippen LogP contribution in [0.1, 0.15) is 20.3 Å². The highest BCUT2D eigenvalue weighted by atomic mass is 79.9. The van der Waals surface area contributed by atoms with Gasteiger partial charge in [-0.3, -0.25) is 0 Å². The maximum absolute atomic E-state index is 5.87. The van der Waals surface area contributed by atoms with E-state index < -0.39 is 8.32 Å². The first-order valence-corrected chi connectivity index (χ1v) is 8.77. The van der Waals surface area contributed by atoms with Crippen LogP contribution in [0.4, 0.5) is 0 Å². The van der Waals surface area contributed by atoms with E-state index in [-0.39, 0.29) is 0 Å². The van der Waals surface area contributed by atoms with Crippen molar-refractivity contribution in [2.75, 3.05) is 16.5 Å². The summed E-state index contributed by atoms with van der Waals surface area (Å²) < 4.78 is 5.87. The Balaban J connectivity index is 3.84. The zero-order valence-electron chi connectivity index (χ0n) is 7.20. The largest absolute Gasteiger partial charge is 0.415 e. The van der Waals surface area contributed by atoms with Crippen LogP contribution in [0.15, 0.2) is 0 Å². The van der Waals surface area contributed by atoms with E-state index in [9.17, 15) is 0 Å². The first kappa shape index (κ1) is 12.1. The monoisotopic (exact) mass is 302 g/mol. The summed E-state index contributed by atoms with van der Waals surface area (Å²) in [5, 5.41) is 0. The molecule has 0 bridgehead atoms. The van der Waals surface area contributed by atoms with Crippen molar-refractivity contribution in [3.8, 4) is 0 Å². The molecule has 0 rings (SSSR count). The maximum atomic E-state index is 5.87. The van der Waals surface area contributed by atoms with E-state index in [1.807, 2.05) is 0 Å². The molecule has 0 saturated heterocycles. The fourth-order valence-corrected chi connectivity index (χ4v) is 8.30. The van der Waals surface area contributed by atoms with Gasteiger partial charge in [0, 0.05) is 16.5 Å². The molecular formula is C7H16Br2OSi. The molecule has 0 saturated carbocycles. The Kier molecular flexibility index (Phi) is 7.32. The van der Waals surface area contributed by atoms with Gasteiger partial charge in [0.2, 0.25) is 8.32 Å². The van der Waals surface area contributed by atoms with Crippen LogP contribution in [-0.4, -0.2) is 24.8 Å². The van der Waals surface area contributed by atoms with Crippen LogP contribution in [0.2, 0.25) is 6.04 Å². The highest BCUT2D eigenvalue weighted by Crippen LogP contribution is 2.17. The molecule has 0 atom stereocenters. The van der Waals surface area contributed by atoms with E-state index in [0.717, 1.165) is 22.9 Å². The second-order valence-electron chi connectivity index (χ2n) is 2.65. The average Bonchev–Trinajstić information content (AvgIpc) is 2.08. The average molecular weight is 304 g/mol. The maximum Gasteiger partial charge on any atom is 0.213 e. The van der Waals surface area contributed by atoms with Crippen LogP contribution >= 0.6 is 31.9 Å². The SMILES string of the molecule is CCCO[Si](CC)(CBr)CBr. The van der Waals surface area contributed by atoms with Crippen molar-refractivity contribution in [2.45, 2.75) is 26.3 Å². The number of alkyl halides is 2. The van der Waals surface area contributed by atoms with E-state index >= 15 is 0 Å². The van der Waals surface area contributed by atoms with Crippen molar-refractivity contribution < 1.29 is 4.43 Å². The molecule has 0 heterocycles. The zero-order valence-corrected chi connectivity index (χ0v) is 11.4. The van der Waals surface area contributed by atoms with Crippen molar-refractivity contribution in [2.24, 2.45) is 0 Å². The van der Waals surface area contributed by atoms with Crippen molar-refractivity contribution in [1.29, 1.82) is 0 Å². The first-order chi connectivity index (χ1) is 5.24. The normalized spacial score (nSPS) is 12.0. The molecule has 0 aliphatic heterocycles. The third kappa shape index (κ3) is 4.06. The van der Waals surface area contributed by atoms with Crippen LogP contribution in [0.3, 0.4) is 0 Å². The quantitative estimate of drug-likeness (QED) is 0.541. The molecule has 0 unspecified atom stereocenters. The van der Waals surface area contributed by atoms with Crippen LogP contribution in [0.25, 0.3) is 0 Å². The Labute approximate surface area is 87.3 Å². The van der Waals surface area contributed by atoms with Crippen molar-refractivity contribution in [1.82, 2.24) is 0 Å². The molecule has 1 nitrogen and oxygen atoms in total. The molecular weight excluding hydrogens is 288 g/mol. The molecule has 68 valence electrons. The molecule has 4 heteroatoms. The summed E-state index contributed by atoms with van der Waals surface area (Å²) in [5.74, 6) is 0. The van der Waals surface area contributed by atoms with E-state index in [0.29, 0.717) is 0 Å². The van der Waals surface area contributed by atoms with Crippen molar-refractivity contribution in [3.05, 3.63) is 0 Å². The lowest BCUT2D eigenvalue weighted by atomic mass is 10.5.